The number of aromatic nitrogens is 1. The minimum atomic E-state index is -1.10. The van der Waals surface area contributed by atoms with E-state index in [4.69, 9.17) is 4.42 Å². The van der Waals surface area contributed by atoms with Crippen LogP contribution in [0.1, 0.15) is 5.56 Å². The number of hydrogen-bond donors (Lipinski definition) is 3. The Bertz CT molecular complexity index is 1150. The highest BCUT2D eigenvalue weighted by Gasteiger charge is 2.20. The zero-order valence-corrected chi connectivity index (χ0v) is 15.9. The van der Waals surface area contributed by atoms with E-state index >= 15 is 0 Å². The largest absolute Gasteiger partial charge is 0.480 e. The number of para-hydroxylation sites is 2. The van der Waals surface area contributed by atoms with E-state index in [1.54, 1.807) is 18.2 Å². The van der Waals surface area contributed by atoms with E-state index < -0.39 is 18.0 Å². The van der Waals surface area contributed by atoms with Gasteiger partial charge in [0.15, 0.2) is 5.58 Å². The molecule has 4 aromatic rings. The summed E-state index contributed by atoms with van der Waals surface area (Å²) in [5.41, 5.74) is 3.44. The SMILES string of the molecule is O=C(Nc1cccc(-c2nc3ccccc3o2)c1)NC(Cc1ccccc1)C(=O)O. The van der Waals surface area contributed by atoms with Crippen molar-refractivity contribution in [2.45, 2.75) is 12.5 Å². The molecule has 150 valence electrons. The first-order valence-electron chi connectivity index (χ1n) is 9.39. The van der Waals surface area contributed by atoms with Crippen LogP contribution in [-0.2, 0) is 11.2 Å². The van der Waals surface area contributed by atoms with Gasteiger partial charge in [-0.3, -0.25) is 0 Å². The van der Waals surface area contributed by atoms with Gasteiger partial charge in [-0.2, -0.15) is 0 Å². The summed E-state index contributed by atoms with van der Waals surface area (Å²) in [5, 5.41) is 14.6. The number of nitrogens with one attached hydrogen (secondary N) is 2. The van der Waals surface area contributed by atoms with Crippen LogP contribution in [-0.4, -0.2) is 28.1 Å². The topological polar surface area (TPSA) is 104 Å². The predicted octanol–water partition coefficient (Wildman–Crippen LogP) is 4.31. The number of carboxylic acids is 1. The smallest absolute Gasteiger partial charge is 0.326 e. The number of benzene rings is 3. The summed E-state index contributed by atoms with van der Waals surface area (Å²) < 4.78 is 5.76. The summed E-state index contributed by atoms with van der Waals surface area (Å²) >= 11 is 0. The number of urea groups is 1. The number of carboxylic acid groups (broad SMARTS) is 1. The van der Waals surface area contributed by atoms with Crippen LogP contribution in [0, 0.1) is 0 Å². The second kappa shape index (κ2) is 8.48. The quantitative estimate of drug-likeness (QED) is 0.446. The molecule has 1 atom stereocenters. The molecule has 1 aromatic heterocycles. The molecular formula is C23H19N3O4. The number of carbonyl (C=O) groups excluding carboxylic acids is 1. The second-order valence-electron chi connectivity index (χ2n) is 6.75. The van der Waals surface area contributed by atoms with Crippen molar-refractivity contribution in [3.05, 3.63) is 84.4 Å². The zero-order chi connectivity index (χ0) is 20.9. The molecule has 0 fully saturated rings. The van der Waals surface area contributed by atoms with E-state index in [2.05, 4.69) is 15.6 Å². The third-order valence-electron chi connectivity index (χ3n) is 4.55. The maximum atomic E-state index is 12.4. The van der Waals surface area contributed by atoms with Gasteiger partial charge < -0.3 is 20.2 Å². The van der Waals surface area contributed by atoms with Gasteiger partial charge in [-0.15, -0.1) is 0 Å². The van der Waals surface area contributed by atoms with Crippen molar-refractivity contribution < 1.29 is 19.1 Å². The third-order valence-corrected chi connectivity index (χ3v) is 4.55. The first-order valence-corrected chi connectivity index (χ1v) is 9.39. The molecule has 30 heavy (non-hydrogen) atoms. The first-order chi connectivity index (χ1) is 14.6. The van der Waals surface area contributed by atoms with Gasteiger partial charge in [0.2, 0.25) is 5.89 Å². The van der Waals surface area contributed by atoms with Crippen molar-refractivity contribution in [1.29, 1.82) is 0 Å². The van der Waals surface area contributed by atoms with Crippen molar-refractivity contribution in [3.8, 4) is 11.5 Å². The highest BCUT2D eigenvalue weighted by Crippen LogP contribution is 2.26. The van der Waals surface area contributed by atoms with E-state index in [0.29, 0.717) is 22.7 Å². The summed E-state index contributed by atoms with van der Waals surface area (Å²) in [6.07, 6.45) is 0.187. The fourth-order valence-electron chi connectivity index (χ4n) is 3.10. The van der Waals surface area contributed by atoms with Crippen molar-refractivity contribution in [2.75, 3.05) is 5.32 Å². The van der Waals surface area contributed by atoms with E-state index in [-0.39, 0.29) is 6.42 Å². The zero-order valence-electron chi connectivity index (χ0n) is 15.9. The number of amides is 2. The highest BCUT2D eigenvalue weighted by atomic mass is 16.4. The van der Waals surface area contributed by atoms with Gasteiger partial charge in [0.25, 0.3) is 0 Å². The molecule has 0 aliphatic rings. The molecule has 0 saturated heterocycles. The molecule has 3 N–H and O–H groups in total. The molecule has 4 rings (SSSR count). The van der Waals surface area contributed by atoms with Gasteiger partial charge >= 0.3 is 12.0 Å². The lowest BCUT2D eigenvalue weighted by Crippen LogP contribution is -2.44. The van der Waals surface area contributed by atoms with Crippen molar-refractivity contribution in [2.24, 2.45) is 0 Å². The molecule has 0 bridgehead atoms. The Hall–Kier alpha value is -4.13. The predicted molar refractivity (Wildman–Crippen MR) is 113 cm³/mol. The van der Waals surface area contributed by atoms with Crippen LogP contribution in [0.25, 0.3) is 22.6 Å². The highest BCUT2D eigenvalue weighted by molar-refractivity contribution is 5.93. The first kappa shape index (κ1) is 19.2. The van der Waals surface area contributed by atoms with Crippen molar-refractivity contribution in [1.82, 2.24) is 10.3 Å². The van der Waals surface area contributed by atoms with Crippen LogP contribution in [0.3, 0.4) is 0 Å². The molecule has 0 spiro atoms. The molecule has 0 aliphatic heterocycles. The number of oxazole rings is 1. The molecule has 1 unspecified atom stereocenters. The maximum absolute atomic E-state index is 12.4. The van der Waals surface area contributed by atoms with E-state index in [0.717, 1.165) is 11.1 Å². The molecule has 3 aromatic carbocycles. The number of carbonyl (C=O) groups is 2. The van der Waals surface area contributed by atoms with Gasteiger partial charge in [0.05, 0.1) is 0 Å². The van der Waals surface area contributed by atoms with Crippen LogP contribution in [0.2, 0.25) is 0 Å². The minimum Gasteiger partial charge on any atom is -0.480 e. The van der Waals surface area contributed by atoms with Crippen LogP contribution in [0.4, 0.5) is 10.5 Å². The maximum Gasteiger partial charge on any atom is 0.326 e. The van der Waals surface area contributed by atoms with E-state index in [9.17, 15) is 14.7 Å². The van der Waals surface area contributed by atoms with Gasteiger partial charge in [-0.1, -0.05) is 48.5 Å². The standard InChI is InChI=1S/C23H19N3O4/c27-22(28)19(13-15-7-2-1-3-8-15)26-23(29)24-17-10-6-9-16(14-17)21-25-18-11-4-5-12-20(18)30-21/h1-12,14,19H,13H2,(H,27,28)(H2,24,26,29). The molecule has 7 heteroatoms. The van der Waals surface area contributed by atoms with Gasteiger partial charge in [0.1, 0.15) is 11.6 Å². The van der Waals surface area contributed by atoms with Crippen LogP contribution < -0.4 is 10.6 Å². The average molecular weight is 401 g/mol. The normalized spacial score (nSPS) is 11.7. The lowest BCUT2D eigenvalue weighted by Gasteiger charge is -2.15. The van der Waals surface area contributed by atoms with E-state index in [1.165, 1.54) is 0 Å². The van der Waals surface area contributed by atoms with Crippen LogP contribution in [0.5, 0.6) is 0 Å². The van der Waals surface area contributed by atoms with Crippen molar-refractivity contribution >= 4 is 28.8 Å². The second-order valence-corrected chi connectivity index (χ2v) is 6.75. The Kier molecular flexibility index (Phi) is 5.43. The molecule has 2 amide bonds. The fraction of sp³-hybridized carbons (Fsp3) is 0.0870. The van der Waals surface area contributed by atoms with Gasteiger partial charge in [-0.25, -0.2) is 14.6 Å². The summed E-state index contributed by atoms with van der Waals surface area (Å²) in [6, 6.07) is 21.9. The number of fused-ring (bicyclic) bond motifs is 1. The van der Waals surface area contributed by atoms with Crippen LogP contribution in [0.15, 0.2) is 83.3 Å². The lowest BCUT2D eigenvalue weighted by molar-refractivity contribution is -0.139. The Morgan fingerprint density at radius 3 is 2.50 bits per heavy atom. The monoisotopic (exact) mass is 401 g/mol. The van der Waals surface area contributed by atoms with Gasteiger partial charge in [0, 0.05) is 17.7 Å². The lowest BCUT2D eigenvalue weighted by atomic mass is 10.1. The molecule has 1 heterocycles. The molecule has 0 aliphatic carbocycles. The fourth-order valence-corrected chi connectivity index (χ4v) is 3.10. The Morgan fingerprint density at radius 1 is 0.967 bits per heavy atom. The summed E-state index contributed by atoms with van der Waals surface area (Å²) in [6.45, 7) is 0. The number of hydrogen-bond acceptors (Lipinski definition) is 4. The number of anilines is 1. The average Bonchev–Trinajstić information content (AvgIpc) is 3.18. The van der Waals surface area contributed by atoms with Crippen molar-refractivity contribution in [3.63, 3.8) is 0 Å². The Balaban J connectivity index is 1.46. The Labute approximate surface area is 172 Å². The molecule has 0 saturated carbocycles. The minimum absolute atomic E-state index is 0.187. The summed E-state index contributed by atoms with van der Waals surface area (Å²) in [7, 11) is 0. The number of nitrogens with zero attached hydrogens (tertiary/aromatic N) is 1. The van der Waals surface area contributed by atoms with Crippen LogP contribution >= 0.6 is 0 Å². The summed E-state index contributed by atoms with van der Waals surface area (Å²) in [5.74, 6) is -0.665. The number of aliphatic carboxylic acids is 1. The molecule has 0 radical (unpaired) electrons. The van der Waals surface area contributed by atoms with E-state index in [1.807, 2.05) is 60.7 Å². The third kappa shape index (κ3) is 4.47. The number of rotatable bonds is 6. The molecule has 7 nitrogen and oxygen atoms in total. The summed E-state index contributed by atoms with van der Waals surface area (Å²) in [4.78, 5) is 28.4. The molecular weight excluding hydrogens is 382 g/mol. The van der Waals surface area contributed by atoms with Gasteiger partial charge in [-0.05, 0) is 35.9 Å². The Morgan fingerprint density at radius 2 is 1.73 bits per heavy atom.